The minimum absolute atomic E-state index is 0.00723. The third-order valence-corrected chi connectivity index (χ3v) is 6.72. The molecule has 1 aliphatic rings. The maximum absolute atomic E-state index is 14.6. The standard InChI is InChI=1S/C28H33FN6O5/c1-15-12-34(13-16(2)35(15)27(37)40-28(3,4)5)21-9-8-19(24-23(21)31-26(38-7)39-24)25(36)30-18-10-17-14-33(6)32-22(17)20(29)11-18/h8-11,14-16H,12-13H2,1-7H3,(H,30,36)/t15-,16-/m0/s1. The first kappa shape index (κ1) is 27.2. The summed E-state index contributed by atoms with van der Waals surface area (Å²) in [6.07, 6.45) is 1.33. The largest absolute Gasteiger partial charge is 0.453 e. The van der Waals surface area contributed by atoms with Gasteiger partial charge in [0.05, 0.1) is 30.4 Å². The minimum Gasteiger partial charge on any atom is -0.453 e. The zero-order valence-electron chi connectivity index (χ0n) is 23.6. The molecule has 2 amide bonds. The highest BCUT2D eigenvalue weighted by Crippen LogP contribution is 2.35. The fourth-order valence-corrected chi connectivity index (χ4v) is 5.17. The van der Waals surface area contributed by atoms with Crippen molar-refractivity contribution >= 4 is 45.4 Å². The van der Waals surface area contributed by atoms with Gasteiger partial charge in [-0.15, -0.1) is 0 Å². The van der Waals surface area contributed by atoms with Crippen LogP contribution in [0, 0.1) is 5.82 Å². The average Bonchev–Trinajstić information content (AvgIpc) is 3.45. The van der Waals surface area contributed by atoms with Gasteiger partial charge in [-0.3, -0.25) is 14.4 Å². The number of hydrogen-bond donors (Lipinski definition) is 1. The smallest absolute Gasteiger partial charge is 0.410 e. The number of aromatic nitrogens is 3. The average molecular weight is 553 g/mol. The van der Waals surface area contributed by atoms with E-state index in [1.54, 1.807) is 36.3 Å². The van der Waals surface area contributed by atoms with Crippen molar-refractivity contribution in [1.29, 1.82) is 0 Å². The molecule has 3 heterocycles. The zero-order valence-corrected chi connectivity index (χ0v) is 23.6. The van der Waals surface area contributed by atoms with Gasteiger partial charge in [-0.25, -0.2) is 9.18 Å². The quantitative estimate of drug-likeness (QED) is 0.378. The number of nitrogens with zero attached hydrogens (tertiary/aromatic N) is 5. The number of carbonyl (C=O) groups excluding carboxylic acids is 2. The topological polar surface area (TPSA) is 115 Å². The van der Waals surface area contributed by atoms with Crippen LogP contribution in [0.5, 0.6) is 6.08 Å². The van der Waals surface area contributed by atoms with Gasteiger partial charge in [0.15, 0.2) is 11.4 Å². The number of ether oxygens (including phenoxy) is 2. The Morgan fingerprint density at radius 1 is 1.12 bits per heavy atom. The lowest BCUT2D eigenvalue weighted by molar-refractivity contribution is 0.00566. The molecule has 212 valence electrons. The van der Waals surface area contributed by atoms with Crippen LogP contribution in [0.15, 0.2) is 34.9 Å². The number of piperazine rings is 1. The Hall–Kier alpha value is -4.35. The van der Waals surface area contributed by atoms with E-state index in [0.717, 1.165) is 5.69 Å². The molecule has 2 atom stereocenters. The van der Waals surface area contributed by atoms with Gasteiger partial charge in [0.1, 0.15) is 16.6 Å². The van der Waals surface area contributed by atoms with Crippen LogP contribution in [0.25, 0.3) is 22.0 Å². The van der Waals surface area contributed by atoms with Crippen LogP contribution in [0.2, 0.25) is 0 Å². The van der Waals surface area contributed by atoms with Crippen LogP contribution >= 0.6 is 0 Å². The number of halogens is 1. The van der Waals surface area contributed by atoms with E-state index >= 15 is 0 Å². The molecule has 0 spiro atoms. The highest BCUT2D eigenvalue weighted by molar-refractivity contribution is 6.13. The van der Waals surface area contributed by atoms with E-state index in [9.17, 15) is 14.0 Å². The highest BCUT2D eigenvalue weighted by Gasteiger charge is 2.36. The van der Waals surface area contributed by atoms with Crippen LogP contribution in [-0.4, -0.2) is 69.5 Å². The van der Waals surface area contributed by atoms with E-state index in [1.807, 2.05) is 34.6 Å². The zero-order chi connectivity index (χ0) is 28.9. The molecule has 0 aliphatic carbocycles. The number of amides is 2. The minimum atomic E-state index is -0.594. The van der Waals surface area contributed by atoms with E-state index in [-0.39, 0.29) is 46.6 Å². The number of fused-ring (bicyclic) bond motifs is 2. The Kier molecular flexibility index (Phi) is 6.80. The predicted octanol–water partition coefficient (Wildman–Crippen LogP) is 4.95. The van der Waals surface area contributed by atoms with E-state index in [1.165, 1.54) is 17.9 Å². The van der Waals surface area contributed by atoms with E-state index < -0.39 is 17.3 Å². The number of methoxy groups -OCH3 is 1. The molecule has 40 heavy (non-hydrogen) atoms. The Morgan fingerprint density at radius 2 is 1.82 bits per heavy atom. The van der Waals surface area contributed by atoms with Crippen molar-refractivity contribution < 1.29 is 27.9 Å². The van der Waals surface area contributed by atoms with Crippen molar-refractivity contribution in [2.45, 2.75) is 52.3 Å². The van der Waals surface area contributed by atoms with Crippen molar-refractivity contribution in [1.82, 2.24) is 19.7 Å². The summed E-state index contributed by atoms with van der Waals surface area (Å²) in [4.78, 5) is 34.6. The fourth-order valence-electron chi connectivity index (χ4n) is 5.17. The number of nitrogens with one attached hydrogen (secondary N) is 1. The maximum Gasteiger partial charge on any atom is 0.410 e. The van der Waals surface area contributed by atoms with Crippen molar-refractivity contribution in [3.63, 3.8) is 0 Å². The maximum atomic E-state index is 14.6. The third kappa shape index (κ3) is 5.13. The van der Waals surface area contributed by atoms with Crippen molar-refractivity contribution in [3.05, 3.63) is 41.8 Å². The van der Waals surface area contributed by atoms with Gasteiger partial charge in [-0.05, 0) is 58.9 Å². The fraction of sp³-hybridized carbons (Fsp3) is 0.429. The second-order valence-electron chi connectivity index (χ2n) is 11.1. The van der Waals surface area contributed by atoms with Gasteiger partial charge in [0.2, 0.25) is 0 Å². The second kappa shape index (κ2) is 10.00. The van der Waals surface area contributed by atoms with Gasteiger partial charge in [-0.1, -0.05) is 0 Å². The molecule has 2 aromatic heterocycles. The number of rotatable bonds is 4. The Bertz CT molecular complexity index is 1590. The summed E-state index contributed by atoms with van der Waals surface area (Å²) in [6, 6.07) is 6.03. The number of aryl methyl sites for hydroxylation is 1. The highest BCUT2D eigenvalue weighted by atomic mass is 19.1. The molecule has 2 aromatic carbocycles. The van der Waals surface area contributed by atoms with Crippen LogP contribution in [0.3, 0.4) is 0 Å². The predicted molar refractivity (Wildman–Crippen MR) is 148 cm³/mol. The summed E-state index contributed by atoms with van der Waals surface area (Å²) >= 11 is 0. The van der Waals surface area contributed by atoms with E-state index in [0.29, 0.717) is 24.0 Å². The van der Waals surface area contributed by atoms with Crippen LogP contribution in [-0.2, 0) is 11.8 Å². The molecule has 1 aliphatic heterocycles. The molecule has 0 unspecified atom stereocenters. The molecule has 0 radical (unpaired) electrons. The molecule has 5 rings (SSSR count). The molecule has 11 nitrogen and oxygen atoms in total. The van der Waals surface area contributed by atoms with Crippen molar-refractivity contribution in [3.8, 4) is 6.08 Å². The van der Waals surface area contributed by atoms with E-state index in [4.69, 9.17) is 13.9 Å². The third-order valence-electron chi connectivity index (χ3n) is 6.72. The number of benzene rings is 2. The van der Waals surface area contributed by atoms with E-state index in [2.05, 4.69) is 20.3 Å². The molecule has 12 heteroatoms. The summed E-state index contributed by atoms with van der Waals surface area (Å²) in [7, 11) is 3.13. The summed E-state index contributed by atoms with van der Waals surface area (Å²) in [5.74, 6) is -1.03. The number of hydrogen-bond acceptors (Lipinski definition) is 8. The lowest BCUT2D eigenvalue weighted by atomic mass is 10.1. The van der Waals surface area contributed by atoms with Gasteiger partial charge >= 0.3 is 12.2 Å². The normalized spacial score (nSPS) is 17.9. The Labute approximate surface area is 230 Å². The second-order valence-corrected chi connectivity index (χ2v) is 11.1. The molecule has 0 bridgehead atoms. The number of anilines is 2. The summed E-state index contributed by atoms with van der Waals surface area (Å²) in [5.41, 5.74) is 1.56. The van der Waals surface area contributed by atoms with Crippen molar-refractivity contribution in [2.24, 2.45) is 7.05 Å². The van der Waals surface area contributed by atoms with Crippen LogP contribution in [0.4, 0.5) is 20.6 Å². The van der Waals surface area contributed by atoms with Crippen LogP contribution < -0.4 is 15.0 Å². The van der Waals surface area contributed by atoms with Gasteiger partial charge in [0.25, 0.3) is 5.91 Å². The molecule has 4 aromatic rings. The molecule has 0 saturated carbocycles. The van der Waals surface area contributed by atoms with Crippen LogP contribution in [0.1, 0.15) is 45.0 Å². The number of oxazole rings is 1. The first-order chi connectivity index (χ1) is 18.8. The van der Waals surface area contributed by atoms with Gasteiger partial charge in [-0.2, -0.15) is 10.1 Å². The first-order valence-electron chi connectivity index (χ1n) is 13.0. The molecule has 1 fully saturated rings. The summed E-state index contributed by atoms with van der Waals surface area (Å²) < 4.78 is 32.8. The number of carbonyl (C=O) groups is 2. The SMILES string of the molecule is COc1nc2c(N3C[C@H](C)N(C(=O)OC(C)(C)C)[C@@H](C)C3)ccc(C(=O)Nc3cc(F)c4nn(C)cc4c3)c2o1. The lowest BCUT2D eigenvalue weighted by Gasteiger charge is -2.45. The molecule has 1 saturated heterocycles. The summed E-state index contributed by atoms with van der Waals surface area (Å²) in [6.45, 7) is 10.5. The summed E-state index contributed by atoms with van der Waals surface area (Å²) in [5, 5.41) is 7.41. The Balaban J connectivity index is 1.44. The Morgan fingerprint density at radius 3 is 2.48 bits per heavy atom. The van der Waals surface area contributed by atoms with Crippen molar-refractivity contribution in [2.75, 3.05) is 30.4 Å². The molecule has 1 N–H and O–H groups in total. The monoisotopic (exact) mass is 552 g/mol. The molecular formula is C28H33FN6O5. The van der Waals surface area contributed by atoms with Gasteiger partial charge < -0.3 is 24.1 Å². The lowest BCUT2D eigenvalue weighted by Crippen LogP contribution is -2.59. The first-order valence-corrected chi connectivity index (χ1v) is 13.0. The molecular weight excluding hydrogens is 519 g/mol. The van der Waals surface area contributed by atoms with Gasteiger partial charge in [0, 0.05) is 37.4 Å².